The van der Waals surface area contributed by atoms with Gasteiger partial charge in [0.1, 0.15) is 0 Å². The van der Waals surface area contributed by atoms with Crippen LogP contribution >= 0.6 is 0 Å². The van der Waals surface area contributed by atoms with Gasteiger partial charge in [0.05, 0.1) is 11.9 Å². The first-order chi connectivity index (χ1) is 7.86. The third-order valence-corrected chi connectivity index (χ3v) is 2.63. The van der Waals surface area contributed by atoms with Gasteiger partial charge in [-0.3, -0.25) is 4.68 Å². The Morgan fingerprint density at radius 2 is 2.00 bits per heavy atom. The summed E-state index contributed by atoms with van der Waals surface area (Å²) in [5.41, 5.74) is 3.69. The number of aryl methyl sites for hydroxylation is 1. The van der Waals surface area contributed by atoms with Gasteiger partial charge in [-0.15, -0.1) is 0 Å². The van der Waals surface area contributed by atoms with Crippen molar-refractivity contribution >= 4 is 0 Å². The highest BCUT2D eigenvalue weighted by atomic mass is 15.3. The molecule has 1 heterocycles. The third kappa shape index (κ3) is 1.99. The molecule has 0 aliphatic rings. The largest absolute Gasteiger partial charge is 0.316 e. The molecule has 0 fully saturated rings. The first-order valence-electron chi connectivity index (χ1n) is 5.61. The molecule has 0 radical (unpaired) electrons. The fourth-order valence-corrected chi connectivity index (χ4v) is 1.91. The van der Waals surface area contributed by atoms with E-state index in [9.17, 15) is 0 Å². The molecular weight excluding hydrogens is 198 g/mol. The number of benzene rings is 1. The Balaban J connectivity index is 2.48. The monoisotopic (exact) mass is 215 g/mol. The first-order valence-corrected chi connectivity index (χ1v) is 5.61. The Kier molecular flexibility index (Phi) is 3.37. The van der Waals surface area contributed by atoms with E-state index < -0.39 is 0 Å². The van der Waals surface area contributed by atoms with Crippen LogP contribution in [0.15, 0.2) is 36.5 Å². The maximum absolute atomic E-state index is 4.41. The van der Waals surface area contributed by atoms with Gasteiger partial charge in [-0.05, 0) is 14.0 Å². The van der Waals surface area contributed by atoms with Crippen LogP contribution in [-0.2, 0) is 13.1 Å². The minimum atomic E-state index is 0.851. The van der Waals surface area contributed by atoms with Crippen LogP contribution in [0, 0.1) is 0 Å². The summed E-state index contributed by atoms with van der Waals surface area (Å²) < 4.78 is 2.04. The molecular formula is C13H17N3. The second-order valence-corrected chi connectivity index (χ2v) is 3.73. The standard InChI is InChI=1S/C13H17N3/c1-3-16-13(11-7-5-4-6-8-11)12(9-14-2)10-15-16/h4-8,10,14H,3,9H2,1-2H3. The summed E-state index contributed by atoms with van der Waals surface area (Å²) in [5.74, 6) is 0. The summed E-state index contributed by atoms with van der Waals surface area (Å²) in [6.45, 7) is 3.86. The van der Waals surface area contributed by atoms with Crippen LogP contribution in [-0.4, -0.2) is 16.8 Å². The molecule has 0 spiro atoms. The zero-order valence-electron chi connectivity index (χ0n) is 9.77. The summed E-state index contributed by atoms with van der Waals surface area (Å²) in [6.07, 6.45) is 1.95. The molecule has 0 unspecified atom stereocenters. The van der Waals surface area contributed by atoms with E-state index in [0.29, 0.717) is 0 Å². The predicted octanol–water partition coefficient (Wildman–Crippen LogP) is 2.29. The Labute approximate surface area is 96.1 Å². The normalized spacial score (nSPS) is 10.6. The highest BCUT2D eigenvalue weighted by Gasteiger charge is 2.10. The number of aromatic nitrogens is 2. The molecule has 0 aliphatic heterocycles. The van der Waals surface area contributed by atoms with Crippen molar-refractivity contribution in [1.82, 2.24) is 15.1 Å². The fourth-order valence-electron chi connectivity index (χ4n) is 1.91. The van der Waals surface area contributed by atoms with Crippen LogP contribution in [0.2, 0.25) is 0 Å². The lowest BCUT2D eigenvalue weighted by molar-refractivity contribution is 0.666. The van der Waals surface area contributed by atoms with Crippen LogP contribution < -0.4 is 5.32 Å². The van der Waals surface area contributed by atoms with Gasteiger partial charge in [-0.2, -0.15) is 5.10 Å². The Morgan fingerprint density at radius 3 is 2.62 bits per heavy atom. The van der Waals surface area contributed by atoms with Gasteiger partial charge in [0.25, 0.3) is 0 Å². The van der Waals surface area contributed by atoms with Crippen molar-refractivity contribution in [2.45, 2.75) is 20.0 Å². The summed E-state index contributed by atoms with van der Waals surface area (Å²) in [4.78, 5) is 0. The van der Waals surface area contributed by atoms with Crippen molar-refractivity contribution in [3.8, 4) is 11.3 Å². The molecule has 1 aromatic carbocycles. The molecule has 0 bridgehead atoms. The number of rotatable bonds is 4. The Morgan fingerprint density at radius 1 is 1.25 bits per heavy atom. The maximum atomic E-state index is 4.41. The van der Waals surface area contributed by atoms with Crippen LogP contribution in [0.4, 0.5) is 0 Å². The molecule has 2 rings (SSSR count). The molecule has 2 aromatic rings. The molecule has 0 aliphatic carbocycles. The minimum Gasteiger partial charge on any atom is -0.316 e. The van der Waals surface area contributed by atoms with Crippen molar-refractivity contribution in [1.29, 1.82) is 0 Å². The molecule has 3 nitrogen and oxygen atoms in total. The van der Waals surface area contributed by atoms with E-state index in [1.807, 2.05) is 24.0 Å². The topological polar surface area (TPSA) is 29.9 Å². The second kappa shape index (κ2) is 4.94. The van der Waals surface area contributed by atoms with E-state index in [1.165, 1.54) is 16.8 Å². The molecule has 16 heavy (non-hydrogen) atoms. The van der Waals surface area contributed by atoms with Crippen molar-refractivity contribution in [2.24, 2.45) is 0 Å². The second-order valence-electron chi connectivity index (χ2n) is 3.73. The molecule has 84 valence electrons. The highest BCUT2D eigenvalue weighted by Crippen LogP contribution is 2.23. The molecule has 3 heteroatoms. The Bertz CT molecular complexity index is 445. The van der Waals surface area contributed by atoms with Gasteiger partial charge in [-0.25, -0.2) is 0 Å². The van der Waals surface area contributed by atoms with Gasteiger partial charge in [0, 0.05) is 24.2 Å². The summed E-state index contributed by atoms with van der Waals surface area (Å²) >= 11 is 0. The van der Waals surface area contributed by atoms with Crippen LogP contribution in [0.3, 0.4) is 0 Å². The van der Waals surface area contributed by atoms with Gasteiger partial charge >= 0.3 is 0 Å². The fraction of sp³-hybridized carbons (Fsp3) is 0.308. The summed E-state index contributed by atoms with van der Waals surface area (Å²) in [5, 5.41) is 7.58. The molecule has 1 aromatic heterocycles. The smallest absolute Gasteiger partial charge is 0.0727 e. The summed E-state index contributed by atoms with van der Waals surface area (Å²) in [6, 6.07) is 10.4. The first kappa shape index (κ1) is 10.9. The molecule has 0 amide bonds. The average Bonchev–Trinajstić information content (AvgIpc) is 2.74. The van der Waals surface area contributed by atoms with Crippen LogP contribution in [0.1, 0.15) is 12.5 Å². The van der Waals surface area contributed by atoms with E-state index in [1.54, 1.807) is 0 Å². The average molecular weight is 215 g/mol. The highest BCUT2D eigenvalue weighted by molar-refractivity contribution is 5.63. The van der Waals surface area contributed by atoms with Crippen LogP contribution in [0.5, 0.6) is 0 Å². The quantitative estimate of drug-likeness (QED) is 0.848. The van der Waals surface area contributed by atoms with E-state index in [4.69, 9.17) is 0 Å². The summed E-state index contributed by atoms with van der Waals surface area (Å²) in [7, 11) is 1.96. The predicted molar refractivity (Wildman–Crippen MR) is 66.1 cm³/mol. The minimum absolute atomic E-state index is 0.851. The van der Waals surface area contributed by atoms with Crippen molar-refractivity contribution in [2.75, 3.05) is 7.05 Å². The van der Waals surface area contributed by atoms with E-state index in [0.717, 1.165) is 13.1 Å². The lowest BCUT2D eigenvalue weighted by Gasteiger charge is -2.07. The zero-order valence-corrected chi connectivity index (χ0v) is 9.77. The number of nitrogens with one attached hydrogen (secondary N) is 1. The van der Waals surface area contributed by atoms with Crippen molar-refractivity contribution in [3.63, 3.8) is 0 Å². The number of hydrogen-bond acceptors (Lipinski definition) is 2. The third-order valence-electron chi connectivity index (χ3n) is 2.63. The van der Waals surface area contributed by atoms with Gasteiger partial charge in [-0.1, -0.05) is 30.3 Å². The molecule has 0 saturated carbocycles. The molecule has 1 N–H and O–H groups in total. The molecule has 0 saturated heterocycles. The van der Waals surface area contributed by atoms with Gasteiger partial charge in [0.2, 0.25) is 0 Å². The van der Waals surface area contributed by atoms with Gasteiger partial charge in [0.15, 0.2) is 0 Å². The number of hydrogen-bond donors (Lipinski definition) is 1. The van der Waals surface area contributed by atoms with E-state index in [2.05, 4.69) is 41.6 Å². The Hall–Kier alpha value is -1.61. The lowest BCUT2D eigenvalue weighted by Crippen LogP contribution is -2.07. The number of nitrogens with zero attached hydrogens (tertiary/aromatic N) is 2. The SMILES string of the molecule is CCn1ncc(CNC)c1-c1ccccc1. The van der Waals surface area contributed by atoms with Gasteiger partial charge < -0.3 is 5.32 Å². The molecule has 0 atom stereocenters. The van der Waals surface area contributed by atoms with Crippen molar-refractivity contribution < 1.29 is 0 Å². The maximum Gasteiger partial charge on any atom is 0.0727 e. The van der Waals surface area contributed by atoms with Crippen molar-refractivity contribution in [3.05, 3.63) is 42.1 Å². The zero-order chi connectivity index (χ0) is 11.4. The lowest BCUT2D eigenvalue weighted by atomic mass is 10.1. The van der Waals surface area contributed by atoms with E-state index in [-0.39, 0.29) is 0 Å². The van der Waals surface area contributed by atoms with Crippen LogP contribution in [0.25, 0.3) is 11.3 Å². The van der Waals surface area contributed by atoms with E-state index >= 15 is 0 Å².